The normalized spacial score (nSPS) is 11.8. The molecule has 21 heavy (non-hydrogen) atoms. The summed E-state index contributed by atoms with van der Waals surface area (Å²) in [6.07, 6.45) is -0.709. The van der Waals surface area contributed by atoms with Gasteiger partial charge in [-0.2, -0.15) is 0 Å². The number of hydrogen-bond acceptors (Lipinski definition) is 2. The molecule has 0 fully saturated rings. The van der Waals surface area contributed by atoms with Crippen molar-refractivity contribution in [2.24, 2.45) is 0 Å². The van der Waals surface area contributed by atoms with E-state index in [0.29, 0.717) is 26.5 Å². The van der Waals surface area contributed by atoms with Crippen molar-refractivity contribution < 1.29 is 9.53 Å². The van der Waals surface area contributed by atoms with Gasteiger partial charge in [-0.3, -0.25) is 4.79 Å². The predicted molar refractivity (Wildman–Crippen MR) is 86.6 cm³/mol. The average Bonchev–Trinajstić information content (AvgIpc) is 2.44. The molecule has 1 atom stereocenters. The van der Waals surface area contributed by atoms with Crippen LogP contribution < -0.4 is 10.1 Å². The first-order valence-electron chi connectivity index (χ1n) is 6.14. The quantitative estimate of drug-likeness (QED) is 0.842. The van der Waals surface area contributed by atoms with Gasteiger partial charge in [0.1, 0.15) is 5.75 Å². The molecule has 0 unspecified atom stereocenters. The first-order chi connectivity index (χ1) is 9.95. The van der Waals surface area contributed by atoms with Gasteiger partial charge in [-0.1, -0.05) is 34.8 Å². The van der Waals surface area contributed by atoms with E-state index in [-0.39, 0.29) is 5.91 Å². The maximum absolute atomic E-state index is 12.0. The summed E-state index contributed by atoms with van der Waals surface area (Å²) in [5.74, 6) is 0.114. The van der Waals surface area contributed by atoms with E-state index in [2.05, 4.69) is 5.32 Å². The Kier molecular flexibility index (Phi) is 5.34. The van der Waals surface area contributed by atoms with Crippen molar-refractivity contribution in [2.45, 2.75) is 13.0 Å². The molecular formula is C15H12Cl3NO2. The number of anilines is 1. The van der Waals surface area contributed by atoms with E-state index in [4.69, 9.17) is 39.5 Å². The van der Waals surface area contributed by atoms with Crippen LogP contribution in [0.2, 0.25) is 15.1 Å². The Hall–Kier alpha value is -1.42. The van der Waals surface area contributed by atoms with E-state index in [9.17, 15) is 4.79 Å². The van der Waals surface area contributed by atoms with Gasteiger partial charge in [0.2, 0.25) is 0 Å². The minimum Gasteiger partial charge on any atom is -0.479 e. The van der Waals surface area contributed by atoms with E-state index in [1.165, 1.54) is 0 Å². The van der Waals surface area contributed by atoms with Crippen LogP contribution in [0.25, 0.3) is 0 Å². The minimum atomic E-state index is -0.709. The summed E-state index contributed by atoms with van der Waals surface area (Å²) in [6, 6.07) is 11.6. The monoisotopic (exact) mass is 343 g/mol. The SMILES string of the molecule is C[C@H](Oc1ccc(Cl)cc1Cl)C(=O)Nc1ccc(Cl)cc1. The second-order valence-electron chi connectivity index (χ2n) is 4.33. The molecule has 1 N–H and O–H groups in total. The highest BCUT2D eigenvalue weighted by molar-refractivity contribution is 6.35. The van der Waals surface area contributed by atoms with Crippen molar-refractivity contribution in [1.29, 1.82) is 0 Å². The summed E-state index contributed by atoms with van der Waals surface area (Å²) in [4.78, 5) is 12.0. The Balaban J connectivity index is 2.00. The van der Waals surface area contributed by atoms with E-state index in [0.717, 1.165) is 0 Å². The van der Waals surface area contributed by atoms with Crippen molar-refractivity contribution >= 4 is 46.4 Å². The number of halogens is 3. The van der Waals surface area contributed by atoms with Gasteiger partial charge in [-0.05, 0) is 49.4 Å². The third-order valence-corrected chi connectivity index (χ3v) is 3.46. The van der Waals surface area contributed by atoms with E-state index in [1.54, 1.807) is 49.4 Å². The van der Waals surface area contributed by atoms with Crippen LogP contribution in [0.4, 0.5) is 5.69 Å². The fourth-order valence-corrected chi connectivity index (χ4v) is 2.17. The second-order valence-corrected chi connectivity index (χ2v) is 5.61. The number of amides is 1. The number of ether oxygens (including phenoxy) is 1. The third-order valence-electron chi connectivity index (χ3n) is 2.68. The molecule has 2 aromatic carbocycles. The molecule has 0 aliphatic heterocycles. The van der Waals surface area contributed by atoms with Crippen molar-refractivity contribution in [3.63, 3.8) is 0 Å². The lowest BCUT2D eigenvalue weighted by Crippen LogP contribution is -2.30. The number of carbonyl (C=O) groups is 1. The lowest BCUT2D eigenvalue weighted by Gasteiger charge is -2.15. The Labute approximate surface area is 137 Å². The zero-order chi connectivity index (χ0) is 15.4. The van der Waals surface area contributed by atoms with Gasteiger partial charge >= 0.3 is 0 Å². The molecule has 0 heterocycles. The first kappa shape index (κ1) is 16.0. The highest BCUT2D eigenvalue weighted by atomic mass is 35.5. The molecule has 2 rings (SSSR count). The van der Waals surface area contributed by atoms with Gasteiger partial charge in [0.15, 0.2) is 6.10 Å². The number of carbonyl (C=O) groups excluding carboxylic acids is 1. The van der Waals surface area contributed by atoms with Crippen LogP contribution in [0.15, 0.2) is 42.5 Å². The van der Waals surface area contributed by atoms with E-state index >= 15 is 0 Å². The zero-order valence-electron chi connectivity index (χ0n) is 11.1. The van der Waals surface area contributed by atoms with Gasteiger partial charge in [0.25, 0.3) is 5.91 Å². The molecule has 2 aromatic rings. The molecular weight excluding hydrogens is 333 g/mol. The number of nitrogens with one attached hydrogen (secondary N) is 1. The van der Waals surface area contributed by atoms with Crippen LogP contribution in [0.1, 0.15) is 6.92 Å². The highest BCUT2D eigenvalue weighted by Crippen LogP contribution is 2.28. The molecule has 0 radical (unpaired) electrons. The molecule has 0 aromatic heterocycles. The Morgan fingerprint density at radius 2 is 1.67 bits per heavy atom. The molecule has 6 heteroatoms. The van der Waals surface area contributed by atoms with Crippen molar-refractivity contribution in [3.05, 3.63) is 57.5 Å². The molecule has 0 saturated carbocycles. The molecule has 0 bridgehead atoms. The predicted octanol–water partition coefficient (Wildman–Crippen LogP) is 5.05. The van der Waals surface area contributed by atoms with E-state index < -0.39 is 6.10 Å². The molecule has 110 valence electrons. The summed E-state index contributed by atoms with van der Waals surface area (Å²) in [6.45, 7) is 1.64. The maximum atomic E-state index is 12.0. The molecule has 0 spiro atoms. The van der Waals surface area contributed by atoms with Crippen molar-refractivity contribution in [1.82, 2.24) is 0 Å². The fraction of sp³-hybridized carbons (Fsp3) is 0.133. The second kappa shape index (κ2) is 7.03. The molecule has 0 aliphatic rings. The minimum absolute atomic E-state index is 0.289. The summed E-state index contributed by atoms with van der Waals surface area (Å²) in [5, 5.41) is 4.19. The maximum Gasteiger partial charge on any atom is 0.265 e. The van der Waals surface area contributed by atoms with Crippen LogP contribution in [0, 0.1) is 0 Å². The van der Waals surface area contributed by atoms with Crippen LogP contribution >= 0.6 is 34.8 Å². The largest absolute Gasteiger partial charge is 0.479 e. The van der Waals surface area contributed by atoms with Crippen LogP contribution in [0.3, 0.4) is 0 Å². The molecule has 0 saturated heterocycles. The Morgan fingerprint density at radius 3 is 2.29 bits per heavy atom. The van der Waals surface area contributed by atoms with Crippen molar-refractivity contribution in [3.8, 4) is 5.75 Å². The van der Waals surface area contributed by atoms with Gasteiger partial charge in [0, 0.05) is 15.7 Å². The van der Waals surface area contributed by atoms with Gasteiger partial charge in [-0.15, -0.1) is 0 Å². The van der Waals surface area contributed by atoms with Gasteiger partial charge in [-0.25, -0.2) is 0 Å². The van der Waals surface area contributed by atoms with Crippen LogP contribution in [0.5, 0.6) is 5.75 Å². The number of rotatable bonds is 4. The number of benzene rings is 2. The van der Waals surface area contributed by atoms with Gasteiger partial charge in [0.05, 0.1) is 5.02 Å². The molecule has 1 amide bonds. The topological polar surface area (TPSA) is 38.3 Å². The summed E-state index contributed by atoms with van der Waals surface area (Å²) in [5.41, 5.74) is 0.641. The Morgan fingerprint density at radius 1 is 1.05 bits per heavy atom. The van der Waals surface area contributed by atoms with E-state index in [1.807, 2.05) is 0 Å². The summed E-state index contributed by atoms with van der Waals surface area (Å²) >= 11 is 17.6. The molecule has 3 nitrogen and oxygen atoms in total. The zero-order valence-corrected chi connectivity index (χ0v) is 13.3. The number of hydrogen-bond donors (Lipinski definition) is 1. The molecule has 0 aliphatic carbocycles. The average molecular weight is 345 g/mol. The smallest absolute Gasteiger partial charge is 0.265 e. The summed E-state index contributed by atoms with van der Waals surface area (Å²) in [7, 11) is 0. The van der Waals surface area contributed by atoms with Gasteiger partial charge < -0.3 is 10.1 Å². The lowest BCUT2D eigenvalue weighted by molar-refractivity contribution is -0.122. The van der Waals surface area contributed by atoms with Crippen LogP contribution in [-0.4, -0.2) is 12.0 Å². The Bertz CT molecular complexity index is 644. The van der Waals surface area contributed by atoms with Crippen molar-refractivity contribution in [2.75, 3.05) is 5.32 Å². The summed E-state index contributed by atoms with van der Waals surface area (Å²) < 4.78 is 5.53. The fourth-order valence-electron chi connectivity index (χ4n) is 1.59. The lowest BCUT2D eigenvalue weighted by atomic mass is 10.3. The standard InChI is InChI=1S/C15H12Cl3NO2/c1-9(21-14-7-4-11(17)8-13(14)18)15(20)19-12-5-2-10(16)3-6-12/h2-9H,1H3,(H,19,20)/t9-/m0/s1. The van der Waals surface area contributed by atoms with Crippen LogP contribution in [-0.2, 0) is 4.79 Å². The third kappa shape index (κ3) is 4.53. The highest BCUT2D eigenvalue weighted by Gasteiger charge is 2.16. The first-order valence-corrected chi connectivity index (χ1v) is 7.27.